The van der Waals surface area contributed by atoms with Gasteiger partial charge in [-0.3, -0.25) is 4.18 Å². The van der Waals surface area contributed by atoms with Crippen LogP contribution in [-0.2, 0) is 14.3 Å². The second-order valence-corrected chi connectivity index (χ2v) is 6.83. The van der Waals surface area contributed by atoms with Crippen LogP contribution in [-0.4, -0.2) is 15.0 Å². The van der Waals surface area contributed by atoms with E-state index in [0.717, 1.165) is 24.8 Å². The first-order valence-corrected chi connectivity index (χ1v) is 8.93. The number of aryl methyl sites for hydroxylation is 1. The molecule has 4 heteroatoms. The molecule has 0 N–H and O–H groups in total. The quantitative estimate of drug-likeness (QED) is 0.473. The molecule has 0 aliphatic rings. The number of unbranched alkanes of at least 4 members (excludes halogenated alkanes) is 6. The van der Waals surface area contributed by atoms with E-state index in [-0.39, 0.29) is 11.5 Å². The van der Waals surface area contributed by atoms with Gasteiger partial charge in [-0.05, 0) is 25.5 Å². The van der Waals surface area contributed by atoms with Crippen LogP contribution in [0.2, 0.25) is 0 Å². The summed E-state index contributed by atoms with van der Waals surface area (Å²) in [7, 11) is -3.58. The molecule has 0 amide bonds. The first kappa shape index (κ1) is 17.2. The Kier molecular flexibility index (Phi) is 7.85. The van der Waals surface area contributed by atoms with Crippen LogP contribution < -0.4 is 0 Å². The summed E-state index contributed by atoms with van der Waals surface area (Å²) in [6, 6.07) is 6.75. The van der Waals surface area contributed by atoms with Crippen LogP contribution in [0.3, 0.4) is 0 Å². The van der Waals surface area contributed by atoms with Gasteiger partial charge in [0.15, 0.2) is 0 Å². The molecule has 0 fully saturated rings. The van der Waals surface area contributed by atoms with Crippen molar-refractivity contribution in [1.82, 2.24) is 0 Å². The van der Waals surface area contributed by atoms with E-state index in [2.05, 4.69) is 6.92 Å². The molecule has 0 heterocycles. The predicted molar refractivity (Wildman–Crippen MR) is 82.3 cm³/mol. The molecule has 114 valence electrons. The summed E-state index contributed by atoms with van der Waals surface area (Å²) in [5, 5.41) is 0. The van der Waals surface area contributed by atoms with Gasteiger partial charge in [0.2, 0.25) is 0 Å². The van der Waals surface area contributed by atoms with E-state index in [0.29, 0.717) is 0 Å². The second kappa shape index (κ2) is 9.14. The number of rotatable bonds is 10. The lowest BCUT2D eigenvalue weighted by Gasteiger charge is -2.06. The molecule has 3 nitrogen and oxygen atoms in total. The van der Waals surface area contributed by atoms with Crippen LogP contribution in [0.1, 0.15) is 57.4 Å². The molecule has 0 saturated carbocycles. The van der Waals surface area contributed by atoms with Crippen LogP contribution in [0.4, 0.5) is 0 Å². The molecule has 1 aromatic rings. The fourth-order valence-electron chi connectivity index (χ4n) is 2.00. The van der Waals surface area contributed by atoms with Gasteiger partial charge < -0.3 is 0 Å². The molecule has 0 aliphatic heterocycles. The average molecular weight is 298 g/mol. The molecule has 0 spiro atoms. The Morgan fingerprint density at radius 2 is 1.45 bits per heavy atom. The predicted octanol–water partition coefficient (Wildman–Crippen LogP) is 4.45. The largest absolute Gasteiger partial charge is 0.296 e. The fraction of sp³-hybridized carbons (Fsp3) is 0.625. The van der Waals surface area contributed by atoms with Gasteiger partial charge in [0.1, 0.15) is 0 Å². The molecule has 0 saturated heterocycles. The summed E-state index contributed by atoms with van der Waals surface area (Å²) in [6.07, 6.45) is 8.05. The Morgan fingerprint density at radius 3 is 2.05 bits per heavy atom. The van der Waals surface area contributed by atoms with Gasteiger partial charge in [0, 0.05) is 0 Å². The van der Waals surface area contributed by atoms with E-state index in [1.165, 1.54) is 25.7 Å². The molecule has 0 aliphatic carbocycles. The van der Waals surface area contributed by atoms with Gasteiger partial charge in [0.25, 0.3) is 10.1 Å². The lowest BCUT2D eigenvalue weighted by molar-refractivity contribution is 0.306. The zero-order valence-corrected chi connectivity index (χ0v) is 13.4. The Balaban J connectivity index is 2.22. The highest BCUT2D eigenvalue weighted by Crippen LogP contribution is 2.14. The van der Waals surface area contributed by atoms with Crippen molar-refractivity contribution in [2.45, 2.75) is 63.7 Å². The van der Waals surface area contributed by atoms with Crippen molar-refractivity contribution in [3.05, 3.63) is 29.8 Å². The van der Waals surface area contributed by atoms with Crippen molar-refractivity contribution in [3.8, 4) is 0 Å². The molecule has 1 rings (SSSR count). The van der Waals surface area contributed by atoms with Crippen LogP contribution in [0.25, 0.3) is 0 Å². The summed E-state index contributed by atoms with van der Waals surface area (Å²) < 4.78 is 28.8. The van der Waals surface area contributed by atoms with Crippen LogP contribution >= 0.6 is 0 Å². The minimum Gasteiger partial charge on any atom is -0.266 e. The second-order valence-electron chi connectivity index (χ2n) is 5.21. The molecule has 0 unspecified atom stereocenters. The van der Waals surface area contributed by atoms with Crippen molar-refractivity contribution in [2.75, 3.05) is 6.61 Å². The summed E-state index contributed by atoms with van der Waals surface area (Å²) in [5.74, 6) is 0. The van der Waals surface area contributed by atoms with Gasteiger partial charge >= 0.3 is 0 Å². The summed E-state index contributed by atoms with van der Waals surface area (Å²) in [4.78, 5) is 0.242. The third-order valence-electron chi connectivity index (χ3n) is 3.30. The van der Waals surface area contributed by atoms with Crippen molar-refractivity contribution in [3.63, 3.8) is 0 Å². The monoisotopic (exact) mass is 298 g/mol. The minimum atomic E-state index is -3.58. The summed E-state index contributed by atoms with van der Waals surface area (Å²) in [6.45, 7) is 4.41. The third kappa shape index (κ3) is 6.53. The average Bonchev–Trinajstić information content (AvgIpc) is 2.42. The van der Waals surface area contributed by atoms with Crippen molar-refractivity contribution >= 4 is 10.1 Å². The zero-order chi connectivity index (χ0) is 14.8. The maximum Gasteiger partial charge on any atom is 0.296 e. The van der Waals surface area contributed by atoms with Gasteiger partial charge in [0.05, 0.1) is 11.5 Å². The van der Waals surface area contributed by atoms with E-state index in [1.807, 2.05) is 6.92 Å². The van der Waals surface area contributed by atoms with Gasteiger partial charge in [-0.25, -0.2) is 0 Å². The van der Waals surface area contributed by atoms with Gasteiger partial charge in [-0.1, -0.05) is 63.1 Å². The number of hydrogen-bond acceptors (Lipinski definition) is 3. The molecule has 0 bridgehead atoms. The van der Waals surface area contributed by atoms with E-state index < -0.39 is 10.1 Å². The molecule has 1 aromatic carbocycles. The molecular formula is C16H26O3S. The van der Waals surface area contributed by atoms with Crippen molar-refractivity contribution in [2.24, 2.45) is 0 Å². The Labute approximate surface area is 123 Å². The Morgan fingerprint density at radius 1 is 0.900 bits per heavy atom. The van der Waals surface area contributed by atoms with E-state index in [9.17, 15) is 8.42 Å². The standard InChI is InChI=1S/C16H26O3S/c1-3-4-5-6-7-8-9-14-19-20(17,18)16-12-10-15(2)11-13-16/h10-13H,3-9,14H2,1-2H3. The zero-order valence-electron chi connectivity index (χ0n) is 12.6. The first-order valence-electron chi connectivity index (χ1n) is 7.52. The molecular weight excluding hydrogens is 272 g/mol. The smallest absolute Gasteiger partial charge is 0.266 e. The summed E-state index contributed by atoms with van der Waals surface area (Å²) in [5.41, 5.74) is 1.04. The van der Waals surface area contributed by atoms with Crippen molar-refractivity contribution < 1.29 is 12.6 Å². The van der Waals surface area contributed by atoms with Crippen LogP contribution in [0.5, 0.6) is 0 Å². The summed E-state index contributed by atoms with van der Waals surface area (Å²) >= 11 is 0. The highest BCUT2D eigenvalue weighted by atomic mass is 32.2. The number of benzene rings is 1. The van der Waals surface area contributed by atoms with Crippen molar-refractivity contribution in [1.29, 1.82) is 0 Å². The molecule has 0 aromatic heterocycles. The highest BCUT2D eigenvalue weighted by molar-refractivity contribution is 7.86. The lowest BCUT2D eigenvalue weighted by atomic mass is 10.1. The number of hydrogen-bond donors (Lipinski definition) is 0. The third-order valence-corrected chi connectivity index (χ3v) is 4.62. The topological polar surface area (TPSA) is 43.4 Å². The van der Waals surface area contributed by atoms with Crippen LogP contribution in [0.15, 0.2) is 29.2 Å². The van der Waals surface area contributed by atoms with Gasteiger partial charge in [-0.2, -0.15) is 8.42 Å². The minimum absolute atomic E-state index is 0.242. The van der Waals surface area contributed by atoms with Crippen LogP contribution in [0, 0.1) is 6.92 Å². The van der Waals surface area contributed by atoms with E-state index >= 15 is 0 Å². The Bertz CT molecular complexity index is 463. The molecule has 0 radical (unpaired) electrons. The maximum absolute atomic E-state index is 11.9. The molecule has 0 atom stereocenters. The lowest BCUT2D eigenvalue weighted by Crippen LogP contribution is -2.07. The van der Waals surface area contributed by atoms with E-state index in [1.54, 1.807) is 24.3 Å². The van der Waals surface area contributed by atoms with Gasteiger partial charge in [-0.15, -0.1) is 0 Å². The molecule has 20 heavy (non-hydrogen) atoms. The van der Waals surface area contributed by atoms with E-state index in [4.69, 9.17) is 4.18 Å². The first-order chi connectivity index (χ1) is 9.56. The fourth-order valence-corrected chi connectivity index (χ4v) is 2.94. The SMILES string of the molecule is CCCCCCCCCOS(=O)(=O)c1ccc(C)cc1. The highest BCUT2D eigenvalue weighted by Gasteiger charge is 2.14. The Hall–Kier alpha value is -0.870. The maximum atomic E-state index is 11.9. The normalized spacial score (nSPS) is 11.7.